The Kier molecular flexibility index (Phi) is 34.1. The molecule has 11 atom stereocenters. The van der Waals surface area contributed by atoms with E-state index >= 15 is 4.79 Å². The maximum atomic E-state index is 15.1. The van der Waals surface area contributed by atoms with Crippen LogP contribution in [0.25, 0.3) is 0 Å². The average Bonchev–Trinajstić information content (AvgIpc) is 1.27. The number of rotatable bonds is 19. The molecule has 0 radical (unpaired) electrons. The van der Waals surface area contributed by atoms with Crippen molar-refractivity contribution in [2.24, 2.45) is 35.5 Å². The number of hydrogen-bond acceptors (Lipinski definition) is 13. The van der Waals surface area contributed by atoms with Gasteiger partial charge in [-0.1, -0.05) is 102 Å². The van der Waals surface area contributed by atoms with Gasteiger partial charge in [0.15, 0.2) is 0 Å². The number of allylic oxidation sites excluding steroid dienone is 2. The highest BCUT2D eigenvalue weighted by Crippen LogP contribution is 2.24. The Labute approximate surface area is 520 Å². The van der Waals surface area contributed by atoms with Gasteiger partial charge < -0.3 is 66.0 Å². The second-order valence-corrected chi connectivity index (χ2v) is 26.1. The Hall–Kier alpha value is -6.17. The molecule has 0 aromatic heterocycles. The van der Waals surface area contributed by atoms with Gasteiger partial charge in [-0.2, -0.15) is 0 Å². The molecule has 2 unspecified atom stereocenters. The van der Waals surface area contributed by atoms with E-state index in [1.54, 1.807) is 61.6 Å². The van der Waals surface area contributed by atoms with Crippen LogP contribution >= 0.6 is 0 Å². The Morgan fingerprint density at radius 1 is 0.517 bits per heavy atom. The molecule has 87 heavy (non-hydrogen) atoms. The van der Waals surface area contributed by atoms with E-state index in [1.165, 1.54) is 80.8 Å². The van der Waals surface area contributed by atoms with E-state index in [9.17, 15) is 53.1 Å². The molecule has 1 aliphatic heterocycles. The zero-order chi connectivity index (χ0) is 67.1. The van der Waals surface area contributed by atoms with Crippen molar-refractivity contribution in [3.05, 3.63) is 12.2 Å². The number of hydrogen-bond donors (Lipinski definition) is 6. The number of carbonyl (C=O) groups is 11. The number of nitrogens with one attached hydrogen (secondary N) is 5. The van der Waals surface area contributed by atoms with Gasteiger partial charge in [0.1, 0.15) is 54.4 Å². The summed E-state index contributed by atoms with van der Waals surface area (Å²) in [5.41, 5.74) is 0. The molecule has 498 valence electrons. The second-order valence-electron chi connectivity index (χ2n) is 26.1. The summed E-state index contributed by atoms with van der Waals surface area (Å²) in [4.78, 5) is 169. The minimum Gasteiger partial charge on any atom is -0.390 e. The van der Waals surface area contributed by atoms with E-state index in [0.717, 1.165) is 9.80 Å². The van der Waals surface area contributed by atoms with E-state index < -0.39 is 156 Å². The van der Waals surface area contributed by atoms with Gasteiger partial charge in [0.05, 0.1) is 19.2 Å². The topological polar surface area (TPSA) is 291 Å². The van der Waals surface area contributed by atoms with Crippen molar-refractivity contribution < 1.29 is 57.8 Å². The van der Waals surface area contributed by atoms with Crippen LogP contribution in [0, 0.1) is 35.5 Å². The molecule has 24 nitrogen and oxygen atoms in total. The molecule has 1 fully saturated rings. The maximum Gasteiger partial charge on any atom is 0.246 e. The summed E-state index contributed by atoms with van der Waals surface area (Å²) in [7, 11) is 11.7. The number of aliphatic hydroxyl groups excluding tert-OH is 1. The largest absolute Gasteiger partial charge is 0.390 e. The number of nitrogens with zero attached hydrogens (tertiary/aromatic N) is 7. The lowest BCUT2D eigenvalue weighted by atomic mass is 9.91. The Bertz CT molecular complexity index is 2330. The van der Waals surface area contributed by atoms with Crippen molar-refractivity contribution in [3.8, 4) is 0 Å². The van der Waals surface area contributed by atoms with Crippen LogP contribution in [0.1, 0.15) is 155 Å². The summed E-state index contributed by atoms with van der Waals surface area (Å²) in [6, 6.07) is -11.1. The highest BCUT2D eigenvalue weighted by molar-refractivity contribution is 5.99. The molecule has 0 aromatic rings. The minimum atomic E-state index is -1.61. The summed E-state index contributed by atoms with van der Waals surface area (Å²) < 4.78 is 0. The van der Waals surface area contributed by atoms with Crippen LogP contribution in [0.2, 0.25) is 0 Å². The first-order valence-corrected chi connectivity index (χ1v) is 31.4. The molecule has 1 aliphatic rings. The highest BCUT2D eigenvalue weighted by atomic mass is 16.3. The molecular weight excluding hydrogens is 1120 g/mol. The van der Waals surface area contributed by atoms with Crippen LogP contribution in [0.15, 0.2) is 12.2 Å². The van der Waals surface area contributed by atoms with Gasteiger partial charge in [-0.25, -0.2) is 0 Å². The molecule has 0 bridgehead atoms. The first-order valence-electron chi connectivity index (χ1n) is 31.4. The van der Waals surface area contributed by atoms with Crippen molar-refractivity contribution in [1.29, 1.82) is 0 Å². The SMILES string of the molecule is C/C=C/C[C@@H](C)[C@@H](O)C1C(=O)N[C@@H](CCC)C(=O)N(C)CC(=O)N(C)[C@@H](CC(C)C)C(=O)N[C@H](C(C)C)C(=O)N(C)[C@@H](CC(C)C)C(=O)N[C@H](C)C(=O)NC(CCCCNC)C(=O)N(C)CC(=O)N(C)[C@@H](CC(C)C)C(=O)N(C)[C@H](C(C)C)C(=O)N1C. The summed E-state index contributed by atoms with van der Waals surface area (Å²) in [6.07, 6.45) is 4.65. The van der Waals surface area contributed by atoms with Gasteiger partial charge in [0, 0.05) is 49.3 Å². The Morgan fingerprint density at radius 3 is 1.43 bits per heavy atom. The smallest absolute Gasteiger partial charge is 0.246 e. The fourth-order valence-corrected chi connectivity index (χ4v) is 10.8. The lowest BCUT2D eigenvalue weighted by molar-refractivity contribution is -0.156. The van der Waals surface area contributed by atoms with Crippen LogP contribution in [-0.4, -0.2) is 241 Å². The molecule has 6 N–H and O–H groups in total. The molecule has 0 aliphatic carbocycles. The lowest BCUT2D eigenvalue weighted by Crippen LogP contribution is -2.63. The molecule has 0 aromatic carbocycles. The van der Waals surface area contributed by atoms with E-state index in [2.05, 4.69) is 26.6 Å². The normalized spacial score (nSPS) is 25.6. The van der Waals surface area contributed by atoms with Crippen LogP contribution in [-0.2, 0) is 52.7 Å². The molecule has 1 rings (SSSR count). The van der Waals surface area contributed by atoms with Gasteiger partial charge in [-0.15, -0.1) is 0 Å². The van der Waals surface area contributed by atoms with Gasteiger partial charge in [-0.05, 0) is 114 Å². The molecule has 0 spiro atoms. The predicted molar refractivity (Wildman–Crippen MR) is 337 cm³/mol. The first kappa shape index (κ1) is 78.8. The standard InChI is InChI=1S/C63H114N12O12/c1-23-25-29-42(13)54(78)53-58(82)67-44(28-24-2)59(83)69(16)35-49(76)71(18)46(32-37(3)4)57(81)68-51(40(9)10)62(86)73(20)47(33-38(5)6)56(80)65-43(14)55(79)66-45(30-26-27-31-64-15)60(84)70(17)36-50(77)72(19)48(34-39(7)8)61(85)74(21)52(41(11)12)63(87)75(53)22/h23,25,37-48,51-54,64,78H,24,26-36H2,1-22H3,(H,65,80)(H,66,79)(H,67,82)(H,68,81)/b25-23+/t42-,43-,44+,45?,46+,47+,48+,51-,52-,53?,54-/m1/s1. The van der Waals surface area contributed by atoms with Crippen LogP contribution < -0.4 is 26.6 Å². The molecule has 1 saturated heterocycles. The fourth-order valence-electron chi connectivity index (χ4n) is 10.8. The maximum absolute atomic E-state index is 15.1. The zero-order valence-corrected chi connectivity index (χ0v) is 56.9. The van der Waals surface area contributed by atoms with E-state index in [4.69, 9.17) is 0 Å². The van der Waals surface area contributed by atoms with Crippen LogP contribution in [0.3, 0.4) is 0 Å². The fraction of sp³-hybridized carbons (Fsp3) is 0.794. The van der Waals surface area contributed by atoms with E-state index in [0.29, 0.717) is 32.2 Å². The van der Waals surface area contributed by atoms with Gasteiger partial charge in [0.25, 0.3) is 0 Å². The number of amides is 11. The minimum absolute atomic E-state index is 0.0928. The summed E-state index contributed by atoms with van der Waals surface area (Å²) in [5.74, 6) is -9.50. The van der Waals surface area contributed by atoms with Crippen molar-refractivity contribution in [2.75, 3.05) is 76.0 Å². The summed E-state index contributed by atoms with van der Waals surface area (Å²) >= 11 is 0. The van der Waals surface area contributed by atoms with Crippen molar-refractivity contribution in [3.63, 3.8) is 0 Å². The molecular formula is C63H114N12O12. The van der Waals surface area contributed by atoms with Crippen molar-refractivity contribution >= 4 is 65.0 Å². The number of aliphatic hydroxyl groups is 1. The second kappa shape index (κ2) is 37.6. The summed E-state index contributed by atoms with van der Waals surface area (Å²) in [6.45, 7) is 24.4. The molecule has 11 amide bonds. The molecule has 24 heteroatoms. The van der Waals surface area contributed by atoms with Crippen molar-refractivity contribution in [2.45, 2.75) is 215 Å². The lowest BCUT2D eigenvalue weighted by Gasteiger charge is -2.41. The summed E-state index contributed by atoms with van der Waals surface area (Å²) in [5, 5.41) is 26.4. The highest BCUT2D eigenvalue weighted by Gasteiger charge is 2.45. The Morgan fingerprint density at radius 2 is 0.966 bits per heavy atom. The van der Waals surface area contributed by atoms with Gasteiger partial charge >= 0.3 is 0 Å². The third kappa shape index (κ3) is 23.7. The van der Waals surface area contributed by atoms with E-state index in [1.807, 2.05) is 47.6 Å². The monoisotopic (exact) mass is 1230 g/mol. The molecule has 1 heterocycles. The van der Waals surface area contributed by atoms with Crippen LogP contribution in [0.4, 0.5) is 0 Å². The third-order valence-electron chi connectivity index (χ3n) is 16.3. The quantitative estimate of drug-likeness (QED) is 0.0802. The number of unbranched alkanes of at least 4 members (excludes halogenated alkanes) is 1. The first-order chi connectivity index (χ1) is 40.4. The Balaban J connectivity index is 4.31. The van der Waals surface area contributed by atoms with E-state index in [-0.39, 0.29) is 49.9 Å². The zero-order valence-electron chi connectivity index (χ0n) is 56.9. The van der Waals surface area contributed by atoms with Gasteiger partial charge in [-0.3, -0.25) is 52.7 Å². The van der Waals surface area contributed by atoms with Crippen molar-refractivity contribution in [1.82, 2.24) is 60.9 Å². The third-order valence-corrected chi connectivity index (χ3v) is 16.3. The number of carbonyl (C=O) groups excluding carboxylic acids is 11. The predicted octanol–water partition coefficient (Wildman–Crippen LogP) is 2.61. The van der Waals surface area contributed by atoms with Crippen LogP contribution in [0.5, 0.6) is 0 Å². The molecule has 0 saturated carbocycles. The van der Waals surface area contributed by atoms with Gasteiger partial charge in [0.2, 0.25) is 65.0 Å². The average molecular weight is 1230 g/mol. The number of likely N-dealkylation sites (N-methyl/N-ethyl adjacent to an activating group) is 7.